The molecule has 1 saturated carbocycles. The van der Waals surface area contributed by atoms with Gasteiger partial charge in [0.1, 0.15) is 28.8 Å². The van der Waals surface area contributed by atoms with Crippen LogP contribution in [-0.2, 0) is 27.0 Å². The predicted molar refractivity (Wildman–Crippen MR) is 179 cm³/mol. The second-order valence-electron chi connectivity index (χ2n) is 10.5. The van der Waals surface area contributed by atoms with Crippen molar-refractivity contribution < 1.29 is 23.6 Å². The van der Waals surface area contributed by atoms with Crippen molar-refractivity contribution >= 4 is 40.4 Å². The Morgan fingerprint density at radius 3 is 2.38 bits per heavy atom. The van der Waals surface area contributed by atoms with Crippen LogP contribution in [0, 0.1) is 16.2 Å². The Balaban J connectivity index is 0.000000233. The van der Waals surface area contributed by atoms with E-state index in [4.69, 9.17) is 21.4 Å². The van der Waals surface area contributed by atoms with Crippen LogP contribution in [0.1, 0.15) is 30.9 Å². The lowest BCUT2D eigenvalue weighted by Gasteiger charge is -2.12. The second-order valence-corrected chi connectivity index (χ2v) is 12.5. The van der Waals surface area contributed by atoms with Crippen molar-refractivity contribution in [3.63, 3.8) is 0 Å². The molecule has 2 aliphatic rings. The third kappa shape index (κ3) is 9.99. The van der Waals surface area contributed by atoms with E-state index in [1.54, 1.807) is 7.05 Å². The number of aliphatic hydroxyl groups is 1. The Morgan fingerprint density at radius 2 is 1.71 bits per heavy atom. The van der Waals surface area contributed by atoms with Gasteiger partial charge in [-0.1, -0.05) is 85.3 Å². The molecule has 3 atom stereocenters. The molecule has 0 bridgehead atoms. The molecule has 8 nitrogen and oxygen atoms in total. The van der Waals surface area contributed by atoms with Gasteiger partial charge in [-0.2, -0.15) is 0 Å². The van der Waals surface area contributed by atoms with E-state index in [-0.39, 0.29) is 12.5 Å². The summed E-state index contributed by atoms with van der Waals surface area (Å²) in [5.41, 5.74) is 2.57. The van der Waals surface area contributed by atoms with Crippen LogP contribution in [0.3, 0.4) is 0 Å². The number of aldehydes is 1. The summed E-state index contributed by atoms with van der Waals surface area (Å²) in [7, 11) is 1.34. The third-order valence-corrected chi connectivity index (χ3v) is 9.14. The largest absolute Gasteiger partial charge is 0.457 e. The number of nitrogens with zero attached hydrogens (tertiary/aromatic N) is 2. The van der Waals surface area contributed by atoms with Crippen molar-refractivity contribution in [3.8, 4) is 11.5 Å². The highest BCUT2D eigenvalue weighted by Crippen LogP contribution is 2.55. The van der Waals surface area contributed by atoms with Gasteiger partial charge in [0.05, 0.1) is 16.9 Å². The van der Waals surface area contributed by atoms with Crippen LogP contribution >= 0.6 is 11.6 Å². The summed E-state index contributed by atoms with van der Waals surface area (Å²) >= 11 is 5.97. The molecule has 236 valence electrons. The Kier molecular flexibility index (Phi) is 13.8. The Morgan fingerprint density at radius 1 is 1.04 bits per heavy atom. The zero-order valence-electron chi connectivity index (χ0n) is 25.5. The number of aliphatic hydroxyl groups excluding tert-OH is 1. The summed E-state index contributed by atoms with van der Waals surface area (Å²) < 4.78 is 19.6. The van der Waals surface area contributed by atoms with Gasteiger partial charge in [0.15, 0.2) is 0 Å². The molecule has 1 amide bonds. The van der Waals surface area contributed by atoms with Gasteiger partial charge in [-0.05, 0) is 78.3 Å². The van der Waals surface area contributed by atoms with E-state index in [9.17, 15) is 18.7 Å². The van der Waals surface area contributed by atoms with E-state index in [1.165, 1.54) is 4.31 Å². The molecular formula is C35H37ClN2O6S. The summed E-state index contributed by atoms with van der Waals surface area (Å²) in [4.78, 5) is 33.2. The molecule has 1 fully saturated rings. The lowest BCUT2D eigenvalue weighted by molar-refractivity contribution is -0.122. The SMILES string of the molecule is CC1(C(=O)N=O)CC1Cc1ccccc1Oc1ccccc1.CN(CC=O)S(=O)c1ccc(C2=CCC=C(Cl)C=C2)cc1.CO. The maximum absolute atomic E-state index is 12.1. The quantitative estimate of drug-likeness (QED) is 0.183. The van der Waals surface area contributed by atoms with Gasteiger partial charge in [-0.15, -0.1) is 4.91 Å². The molecule has 2 aliphatic carbocycles. The van der Waals surface area contributed by atoms with E-state index < -0.39 is 22.3 Å². The lowest BCUT2D eigenvalue weighted by Crippen LogP contribution is -2.23. The van der Waals surface area contributed by atoms with Crippen LogP contribution in [0.5, 0.6) is 11.5 Å². The van der Waals surface area contributed by atoms with Crippen molar-refractivity contribution in [2.24, 2.45) is 16.5 Å². The first-order valence-corrected chi connectivity index (χ1v) is 15.8. The minimum absolute atomic E-state index is 0.145. The minimum atomic E-state index is -1.32. The minimum Gasteiger partial charge on any atom is -0.457 e. The maximum Gasteiger partial charge on any atom is 0.292 e. The van der Waals surface area contributed by atoms with Crippen LogP contribution < -0.4 is 4.74 Å². The number of hydrogen-bond acceptors (Lipinski definition) is 6. The molecule has 1 N–H and O–H groups in total. The Bertz CT molecular complexity index is 1570. The maximum atomic E-state index is 12.1. The summed E-state index contributed by atoms with van der Waals surface area (Å²) in [6.07, 6.45) is 10.8. The monoisotopic (exact) mass is 648 g/mol. The molecule has 0 aromatic heterocycles. The highest BCUT2D eigenvalue weighted by Gasteiger charge is 2.56. The molecule has 0 aliphatic heterocycles. The Hall–Kier alpha value is -4.02. The summed E-state index contributed by atoms with van der Waals surface area (Å²) in [5.74, 6) is 1.17. The molecule has 0 saturated heterocycles. The fourth-order valence-electron chi connectivity index (χ4n) is 4.70. The fraction of sp³-hybridized carbons (Fsp3) is 0.257. The predicted octanol–water partition coefficient (Wildman–Crippen LogP) is 7.26. The van der Waals surface area contributed by atoms with Crippen molar-refractivity contribution in [3.05, 3.63) is 124 Å². The molecule has 5 rings (SSSR count). The lowest BCUT2D eigenvalue weighted by atomic mass is 10.00. The van der Waals surface area contributed by atoms with Gasteiger partial charge in [-0.3, -0.25) is 4.79 Å². The number of para-hydroxylation sites is 2. The fourth-order valence-corrected chi connectivity index (χ4v) is 5.78. The number of amides is 1. The zero-order chi connectivity index (χ0) is 32.8. The van der Waals surface area contributed by atoms with E-state index in [0.717, 1.165) is 53.0 Å². The van der Waals surface area contributed by atoms with Gasteiger partial charge in [-0.25, -0.2) is 8.51 Å². The number of likely N-dealkylation sites (N-methyl/N-ethyl adjacent to an activating group) is 1. The highest BCUT2D eigenvalue weighted by molar-refractivity contribution is 7.82. The summed E-state index contributed by atoms with van der Waals surface area (Å²) in [6, 6.07) is 24.9. The number of nitroso groups, excluding NO2 is 1. The van der Waals surface area contributed by atoms with Gasteiger partial charge in [0.2, 0.25) is 0 Å². The topological polar surface area (TPSA) is 113 Å². The first kappa shape index (κ1) is 35.5. The van der Waals surface area contributed by atoms with E-state index in [1.807, 2.05) is 104 Å². The van der Waals surface area contributed by atoms with Crippen LogP contribution in [0.15, 0.2) is 118 Å². The molecule has 3 unspecified atom stereocenters. The van der Waals surface area contributed by atoms with Gasteiger partial charge in [0.25, 0.3) is 5.91 Å². The third-order valence-electron chi connectivity index (χ3n) is 7.47. The number of carbonyl (C=O) groups is 2. The number of rotatable bonds is 10. The van der Waals surface area contributed by atoms with Crippen LogP contribution in [0.25, 0.3) is 5.57 Å². The number of allylic oxidation sites excluding steroid dienone is 6. The molecule has 3 aromatic carbocycles. The number of hydrogen-bond donors (Lipinski definition) is 1. The zero-order valence-corrected chi connectivity index (χ0v) is 27.0. The number of halogens is 1. The van der Waals surface area contributed by atoms with Crippen LogP contribution in [0.2, 0.25) is 0 Å². The average molecular weight is 649 g/mol. The molecule has 10 heteroatoms. The summed E-state index contributed by atoms with van der Waals surface area (Å²) in [5, 5.41) is 10.3. The van der Waals surface area contributed by atoms with E-state index in [2.05, 4.69) is 11.3 Å². The second kappa shape index (κ2) is 17.5. The molecule has 0 radical (unpaired) electrons. The van der Waals surface area contributed by atoms with Gasteiger partial charge in [0, 0.05) is 24.4 Å². The number of benzene rings is 3. The molecule has 0 spiro atoms. The standard InChI is InChI=1S/C18H17NO3.C16H16ClNO2S.CH4O/c1-18(17(20)19-21)12-14(18)11-13-7-5-6-10-16(13)22-15-8-3-2-4-9-15;1-18(11-12-19)21(20)16-9-6-14(7-10-16)13-3-2-4-15(17)8-5-13;1-2/h2-10,14H,11-12H2,1H3;3-10,12H,2,11H2,1H3;2H,1H3. The average Bonchev–Trinajstić information content (AvgIpc) is 3.79. The molecule has 0 heterocycles. The van der Waals surface area contributed by atoms with E-state index in [0.29, 0.717) is 17.7 Å². The van der Waals surface area contributed by atoms with Crippen molar-refractivity contribution in [2.75, 3.05) is 20.7 Å². The number of carbonyl (C=O) groups excluding carboxylic acids is 2. The summed E-state index contributed by atoms with van der Waals surface area (Å²) in [6.45, 7) is 1.95. The Labute approximate surface area is 271 Å². The van der Waals surface area contributed by atoms with Crippen LogP contribution in [-0.4, -0.2) is 46.5 Å². The first-order chi connectivity index (χ1) is 21.7. The first-order valence-electron chi connectivity index (χ1n) is 14.3. The van der Waals surface area contributed by atoms with Crippen LogP contribution in [0.4, 0.5) is 0 Å². The molecular weight excluding hydrogens is 612 g/mol. The molecule has 45 heavy (non-hydrogen) atoms. The normalized spacial score (nSPS) is 18.8. The highest BCUT2D eigenvalue weighted by atomic mass is 35.5. The molecule has 3 aromatic rings. The van der Waals surface area contributed by atoms with Crippen molar-refractivity contribution in [2.45, 2.75) is 31.1 Å². The van der Waals surface area contributed by atoms with Crippen molar-refractivity contribution in [1.29, 1.82) is 0 Å². The van der Waals surface area contributed by atoms with E-state index >= 15 is 0 Å². The van der Waals surface area contributed by atoms with Gasteiger partial charge < -0.3 is 14.6 Å². The van der Waals surface area contributed by atoms with Crippen molar-refractivity contribution in [1.82, 2.24) is 4.31 Å². The van der Waals surface area contributed by atoms with Gasteiger partial charge >= 0.3 is 0 Å². The smallest absolute Gasteiger partial charge is 0.292 e. The number of ether oxygens (including phenoxy) is 1.